The molecule has 1 saturated heterocycles. The number of nitrogens with one attached hydrogen (secondary N) is 1. The monoisotopic (exact) mass is 385 g/mol. The SMILES string of the molecule is CCOC(=O)c1ccccc1NC(=O)CN1CCN(C(=O)c2ccco2)CC1. The smallest absolute Gasteiger partial charge is 0.340 e. The van der Waals surface area contributed by atoms with Crippen LogP contribution in [0, 0.1) is 0 Å². The molecule has 0 unspecified atom stereocenters. The van der Waals surface area contributed by atoms with E-state index in [0.29, 0.717) is 43.2 Å². The van der Waals surface area contributed by atoms with Crippen molar-refractivity contribution in [1.29, 1.82) is 0 Å². The summed E-state index contributed by atoms with van der Waals surface area (Å²) >= 11 is 0. The first-order chi connectivity index (χ1) is 13.6. The Morgan fingerprint density at radius 2 is 1.82 bits per heavy atom. The Morgan fingerprint density at radius 1 is 1.07 bits per heavy atom. The summed E-state index contributed by atoms with van der Waals surface area (Å²) in [6.07, 6.45) is 1.47. The average Bonchev–Trinajstić information content (AvgIpc) is 3.23. The highest BCUT2D eigenvalue weighted by atomic mass is 16.5. The van der Waals surface area contributed by atoms with Crippen LogP contribution in [-0.2, 0) is 9.53 Å². The van der Waals surface area contributed by atoms with E-state index in [4.69, 9.17) is 9.15 Å². The van der Waals surface area contributed by atoms with Crippen LogP contribution in [0.5, 0.6) is 0 Å². The number of anilines is 1. The Bertz CT molecular complexity index is 826. The lowest BCUT2D eigenvalue weighted by atomic mass is 10.1. The van der Waals surface area contributed by atoms with E-state index in [0.717, 1.165) is 0 Å². The first-order valence-corrected chi connectivity index (χ1v) is 9.19. The number of esters is 1. The predicted octanol–water partition coefficient (Wildman–Crippen LogP) is 1.85. The van der Waals surface area contributed by atoms with E-state index in [9.17, 15) is 14.4 Å². The number of piperazine rings is 1. The van der Waals surface area contributed by atoms with Gasteiger partial charge in [0.25, 0.3) is 5.91 Å². The Kier molecular flexibility index (Phi) is 6.44. The minimum Gasteiger partial charge on any atom is -0.462 e. The summed E-state index contributed by atoms with van der Waals surface area (Å²) < 4.78 is 10.2. The van der Waals surface area contributed by atoms with Crippen molar-refractivity contribution in [2.75, 3.05) is 44.6 Å². The third kappa shape index (κ3) is 4.77. The summed E-state index contributed by atoms with van der Waals surface area (Å²) in [6, 6.07) is 10.1. The van der Waals surface area contributed by atoms with Crippen LogP contribution >= 0.6 is 0 Å². The molecule has 1 aromatic heterocycles. The van der Waals surface area contributed by atoms with Gasteiger partial charge in [0.05, 0.1) is 30.7 Å². The predicted molar refractivity (Wildman–Crippen MR) is 102 cm³/mol. The maximum absolute atomic E-state index is 12.4. The molecule has 2 amide bonds. The number of benzene rings is 1. The normalized spacial score (nSPS) is 14.5. The molecule has 0 atom stereocenters. The fraction of sp³-hybridized carbons (Fsp3) is 0.350. The van der Waals surface area contributed by atoms with Gasteiger partial charge in [-0.3, -0.25) is 14.5 Å². The molecule has 148 valence electrons. The summed E-state index contributed by atoms with van der Waals surface area (Å²) in [4.78, 5) is 40.4. The van der Waals surface area contributed by atoms with Gasteiger partial charge in [-0.15, -0.1) is 0 Å². The molecule has 0 bridgehead atoms. The van der Waals surface area contributed by atoms with E-state index in [1.54, 1.807) is 48.2 Å². The topological polar surface area (TPSA) is 92.1 Å². The van der Waals surface area contributed by atoms with Crippen LogP contribution in [0.1, 0.15) is 27.8 Å². The zero-order valence-electron chi connectivity index (χ0n) is 15.7. The van der Waals surface area contributed by atoms with E-state index in [2.05, 4.69) is 5.32 Å². The molecule has 0 aliphatic carbocycles. The van der Waals surface area contributed by atoms with Gasteiger partial charge in [-0.2, -0.15) is 0 Å². The summed E-state index contributed by atoms with van der Waals surface area (Å²) in [5.41, 5.74) is 0.754. The molecule has 2 aromatic rings. The first kappa shape index (κ1) is 19.6. The van der Waals surface area contributed by atoms with Crippen LogP contribution in [0.3, 0.4) is 0 Å². The molecule has 2 heterocycles. The van der Waals surface area contributed by atoms with E-state index in [1.807, 2.05) is 4.90 Å². The number of para-hydroxylation sites is 1. The third-order valence-electron chi connectivity index (χ3n) is 4.46. The van der Waals surface area contributed by atoms with Gasteiger partial charge in [0.15, 0.2) is 5.76 Å². The lowest BCUT2D eigenvalue weighted by molar-refractivity contribution is -0.117. The Labute approximate surface area is 163 Å². The number of hydrogen-bond acceptors (Lipinski definition) is 6. The second kappa shape index (κ2) is 9.18. The molecule has 0 spiro atoms. The molecule has 1 aliphatic rings. The molecule has 0 radical (unpaired) electrons. The summed E-state index contributed by atoms with van der Waals surface area (Å²) in [6.45, 7) is 4.38. The highest BCUT2D eigenvalue weighted by Gasteiger charge is 2.25. The number of hydrogen-bond donors (Lipinski definition) is 1. The highest BCUT2D eigenvalue weighted by molar-refractivity contribution is 6.01. The van der Waals surface area contributed by atoms with Crippen LogP contribution in [0.15, 0.2) is 47.1 Å². The molecule has 1 N–H and O–H groups in total. The third-order valence-corrected chi connectivity index (χ3v) is 4.46. The number of carbonyl (C=O) groups excluding carboxylic acids is 3. The van der Waals surface area contributed by atoms with Crippen molar-refractivity contribution >= 4 is 23.5 Å². The number of ether oxygens (including phenoxy) is 1. The van der Waals surface area contributed by atoms with Gasteiger partial charge in [0, 0.05) is 26.2 Å². The number of amides is 2. The number of furan rings is 1. The van der Waals surface area contributed by atoms with Gasteiger partial charge < -0.3 is 19.4 Å². The number of nitrogens with zero attached hydrogens (tertiary/aromatic N) is 2. The molecule has 8 nitrogen and oxygen atoms in total. The van der Waals surface area contributed by atoms with E-state index < -0.39 is 5.97 Å². The molecule has 28 heavy (non-hydrogen) atoms. The highest BCUT2D eigenvalue weighted by Crippen LogP contribution is 2.16. The van der Waals surface area contributed by atoms with Crippen LogP contribution in [-0.4, -0.2) is 66.9 Å². The Hall–Kier alpha value is -3.13. The number of rotatable bonds is 6. The van der Waals surface area contributed by atoms with Crippen molar-refractivity contribution in [1.82, 2.24) is 9.80 Å². The summed E-state index contributed by atoms with van der Waals surface area (Å²) in [7, 11) is 0. The number of carbonyl (C=O) groups is 3. The average molecular weight is 385 g/mol. The van der Waals surface area contributed by atoms with Crippen LogP contribution < -0.4 is 5.32 Å². The lowest BCUT2D eigenvalue weighted by Gasteiger charge is -2.33. The fourth-order valence-corrected chi connectivity index (χ4v) is 3.04. The summed E-state index contributed by atoms with van der Waals surface area (Å²) in [5, 5.41) is 2.78. The van der Waals surface area contributed by atoms with Crippen molar-refractivity contribution < 1.29 is 23.5 Å². The molecular weight excluding hydrogens is 362 g/mol. The maximum Gasteiger partial charge on any atom is 0.340 e. The van der Waals surface area contributed by atoms with Crippen LogP contribution in [0.25, 0.3) is 0 Å². The van der Waals surface area contributed by atoms with Gasteiger partial charge in [0.1, 0.15) is 0 Å². The van der Waals surface area contributed by atoms with Crippen LogP contribution in [0.2, 0.25) is 0 Å². The van der Waals surface area contributed by atoms with E-state index in [1.165, 1.54) is 6.26 Å². The molecule has 1 aliphatic heterocycles. The molecular formula is C20H23N3O5. The molecule has 3 rings (SSSR count). The zero-order chi connectivity index (χ0) is 19.9. The van der Waals surface area contributed by atoms with Gasteiger partial charge in [-0.25, -0.2) is 4.79 Å². The first-order valence-electron chi connectivity index (χ1n) is 9.19. The molecule has 8 heteroatoms. The molecule has 0 saturated carbocycles. The lowest BCUT2D eigenvalue weighted by Crippen LogP contribution is -2.50. The Balaban J connectivity index is 1.52. The molecule has 1 fully saturated rings. The fourth-order valence-electron chi connectivity index (χ4n) is 3.04. The summed E-state index contributed by atoms with van der Waals surface area (Å²) in [5.74, 6) is -0.509. The quantitative estimate of drug-likeness (QED) is 0.763. The van der Waals surface area contributed by atoms with Gasteiger partial charge in [0.2, 0.25) is 5.91 Å². The van der Waals surface area contributed by atoms with Crippen molar-refractivity contribution in [3.63, 3.8) is 0 Å². The second-order valence-electron chi connectivity index (χ2n) is 6.36. The largest absolute Gasteiger partial charge is 0.462 e. The van der Waals surface area contributed by atoms with Crippen molar-refractivity contribution in [3.8, 4) is 0 Å². The minimum absolute atomic E-state index is 0.141. The molecule has 1 aromatic carbocycles. The maximum atomic E-state index is 12.4. The standard InChI is InChI=1S/C20H23N3O5/c1-2-27-20(26)15-6-3-4-7-16(15)21-18(24)14-22-9-11-23(12-10-22)19(25)17-8-5-13-28-17/h3-8,13H,2,9-12,14H2,1H3,(H,21,24). The van der Waals surface area contributed by atoms with Gasteiger partial charge >= 0.3 is 5.97 Å². The zero-order valence-corrected chi connectivity index (χ0v) is 15.7. The van der Waals surface area contributed by atoms with Crippen LogP contribution in [0.4, 0.5) is 5.69 Å². The van der Waals surface area contributed by atoms with E-state index in [-0.39, 0.29) is 25.0 Å². The van der Waals surface area contributed by atoms with E-state index >= 15 is 0 Å². The van der Waals surface area contributed by atoms with Crippen molar-refractivity contribution in [2.24, 2.45) is 0 Å². The van der Waals surface area contributed by atoms with Gasteiger partial charge in [-0.1, -0.05) is 12.1 Å². The Morgan fingerprint density at radius 3 is 2.50 bits per heavy atom. The second-order valence-corrected chi connectivity index (χ2v) is 6.36. The minimum atomic E-state index is -0.469. The van der Waals surface area contributed by atoms with Crippen molar-refractivity contribution in [3.05, 3.63) is 54.0 Å². The van der Waals surface area contributed by atoms with Gasteiger partial charge in [-0.05, 0) is 31.2 Å². The van der Waals surface area contributed by atoms with Crippen molar-refractivity contribution in [2.45, 2.75) is 6.92 Å².